The lowest BCUT2D eigenvalue weighted by molar-refractivity contribution is -0.134. The summed E-state index contributed by atoms with van der Waals surface area (Å²) >= 11 is 0. The number of aromatic nitrogens is 1. The van der Waals surface area contributed by atoms with Crippen molar-refractivity contribution >= 4 is 22.6 Å². The van der Waals surface area contributed by atoms with E-state index in [1.54, 1.807) is 11.9 Å². The van der Waals surface area contributed by atoms with Crippen LogP contribution in [0.1, 0.15) is 36.8 Å². The Morgan fingerprint density at radius 3 is 2.92 bits per heavy atom. The van der Waals surface area contributed by atoms with Gasteiger partial charge in [0.25, 0.3) is 0 Å². The molecule has 1 aromatic carbocycles. The maximum Gasteiger partial charge on any atom is 0.223 e. The number of carbonyl (C=O) groups excluding carboxylic acids is 2. The highest BCUT2D eigenvalue weighted by Gasteiger charge is 2.39. The molecule has 0 bridgehead atoms. The number of likely N-dealkylation sites (N-methyl/N-ethyl adjacent to an activating group) is 2. The summed E-state index contributed by atoms with van der Waals surface area (Å²) in [6, 6.07) is 7.05. The Labute approximate surface area is 154 Å². The van der Waals surface area contributed by atoms with Crippen LogP contribution in [0, 0.1) is 5.92 Å². The molecule has 3 atom stereocenters. The van der Waals surface area contributed by atoms with Gasteiger partial charge < -0.3 is 14.8 Å². The largest absolute Gasteiger partial charge is 0.361 e. The van der Waals surface area contributed by atoms with E-state index < -0.39 is 0 Å². The Hall–Kier alpha value is -2.14. The molecule has 5 heteroatoms. The fourth-order valence-electron chi connectivity index (χ4n) is 5.03. The maximum atomic E-state index is 12.5. The van der Waals surface area contributed by atoms with E-state index in [9.17, 15) is 9.59 Å². The van der Waals surface area contributed by atoms with Gasteiger partial charge in [0.2, 0.25) is 5.91 Å². The van der Waals surface area contributed by atoms with Gasteiger partial charge in [-0.05, 0) is 49.9 Å². The number of rotatable bonds is 4. The van der Waals surface area contributed by atoms with Crippen LogP contribution in [-0.4, -0.2) is 59.7 Å². The van der Waals surface area contributed by atoms with E-state index in [0.29, 0.717) is 24.3 Å². The van der Waals surface area contributed by atoms with E-state index in [2.05, 4.69) is 41.3 Å². The molecule has 0 saturated carbocycles. The molecule has 0 spiro atoms. The van der Waals surface area contributed by atoms with Crippen LogP contribution in [0.2, 0.25) is 0 Å². The molecule has 0 radical (unpaired) electrons. The van der Waals surface area contributed by atoms with E-state index in [1.807, 2.05) is 0 Å². The molecule has 1 aliphatic carbocycles. The number of piperidine rings is 1. The summed E-state index contributed by atoms with van der Waals surface area (Å²) in [7, 11) is 3.91. The zero-order chi connectivity index (χ0) is 18.4. The number of fused-ring (bicyclic) bond motifs is 2. The number of Topliss-reactive ketones (excluding diaryl/α,β-unsaturated/α-hetero) is 1. The minimum atomic E-state index is 0.0284. The van der Waals surface area contributed by atoms with Crippen molar-refractivity contribution in [3.63, 3.8) is 0 Å². The van der Waals surface area contributed by atoms with E-state index >= 15 is 0 Å². The molecule has 5 nitrogen and oxygen atoms in total. The monoisotopic (exact) mass is 353 g/mol. The van der Waals surface area contributed by atoms with Crippen LogP contribution in [-0.2, 0) is 16.0 Å². The van der Waals surface area contributed by atoms with Gasteiger partial charge in [-0.3, -0.25) is 9.59 Å². The third-order valence-corrected chi connectivity index (χ3v) is 6.16. The van der Waals surface area contributed by atoms with Crippen LogP contribution in [0.3, 0.4) is 0 Å². The first kappa shape index (κ1) is 17.3. The smallest absolute Gasteiger partial charge is 0.223 e. The van der Waals surface area contributed by atoms with E-state index in [1.165, 1.54) is 29.0 Å². The fraction of sp³-hybridized carbons (Fsp3) is 0.524. The number of likely N-dealkylation sites (tertiary alicyclic amines) is 1. The van der Waals surface area contributed by atoms with Gasteiger partial charge in [-0.25, -0.2) is 0 Å². The van der Waals surface area contributed by atoms with Gasteiger partial charge in [0.05, 0.1) is 6.54 Å². The third kappa shape index (κ3) is 2.94. The first-order valence-electron chi connectivity index (χ1n) is 9.46. The van der Waals surface area contributed by atoms with Crippen LogP contribution < -0.4 is 0 Å². The van der Waals surface area contributed by atoms with E-state index in [-0.39, 0.29) is 18.2 Å². The number of nitrogens with one attached hydrogen (secondary N) is 1. The van der Waals surface area contributed by atoms with Crippen molar-refractivity contribution in [1.82, 2.24) is 14.8 Å². The van der Waals surface area contributed by atoms with Gasteiger partial charge >= 0.3 is 0 Å². The molecule has 1 aromatic heterocycles. The molecule has 0 unspecified atom stereocenters. The Bertz CT molecular complexity index is 856. The van der Waals surface area contributed by atoms with E-state index in [4.69, 9.17) is 0 Å². The Morgan fingerprint density at radius 2 is 2.15 bits per heavy atom. The zero-order valence-electron chi connectivity index (χ0n) is 15.8. The average Bonchev–Trinajstić information content (AvgIpc) is 3.00. The number of ketones is 1. The summed E-state index contributed by atoms with van der Waals surface area (Å²) in [5.74, 6) is 0.907. The molecule has 1 saturated heterocycles. The minimum Gasteiger partial charge on any atom is -0.361 e. The van der Waals surface area contributed by atoms with Crippen molar-refractivity contribution in [2.24, 2.45) is 5.92 Å². The lowest BCUT2D eigenvalue weighted by atomic mass is 9.72. The second-order valence-corrected chi connectivity index (χ2v) is 8.16. The third-order valence-electron chi connectivity index (χ3n) is 6.16. The Kier molecular flexibility index (Phi) is 4.35. The molecule has 2 heterocycles. The summed E-state index contributed by atoms with van der Waals surface area (Å²) in [6.45, 7) is 2.68. The van der Waals surface area contributed by atoms with Gasteiger partial charge in [0.15, 0.2) is 0 Å². The second kappa shape index (κ2) is 6.54. The molecule has 1 N–H and O–H groups in total. The van der Waals surface area contributed by atoms with Crippen molar-refractivity contribution in [3.05, 3.63) is 35.5 Å². The Morgan fingerprint density at radius 1 is 1.35 bits per heavy atom. The Balaban J connectivity index is 1.56. The fourth-order valence-corrected chi connectivity index (χ4v) is 5.03. The first-order valence-corrected chi connectivity index (χ1v) is 9.46. The molecule has 2 aliphatic rings. The summed E-state index contributed by atoms with van der Waals surface area (Å²) < 4.78 is 0. The molecule has 2 aromatic rings. The van der Waals surface area contributed by atoms with Gasteiger partial charge in [-0.1, -0.05) is 12.1 Å². The number of aromatic amines is 1. The van der Waals surface area contributed by atoms with Crippen LogP contribution in [0.25, 0.3) is 10.9 Å². The second-order valence-electron chi connectivity index (χ2n) is 8.16. The number of carbonyl (C=O) groups is 2. The van der Waals surface area contributed by atoms with Gasteiger partial charge in [-0.15, -0.1) is 0 Å². The number of nitrogens with zero attached hydrogens (tertiary/aromatic N) is 2. The zero-order valence-corrected chi connectivity index (χ0v) is 15.8. The first-order chi connectivity index (χ1) is 12.4. The molecule has 1 fully saturated rings. The lowest BCUT2D eigenvalue weighted by Crippen LogP contribution is -2.48. The van der Waals surface area contributed by atoms with Crippen LogP contribution in [0.4, 0.5) is 0 Å². The standard InChI is InChI=1S/C21H27N3O2/c1-13(25)11-24(3)20(26)8-14-7-17-16-5-4-6-18-21(16)15(10-22-18)9-19(17)23(2)12-14/h4-6,10,14,17,19,22H,7-9,11-12H2,1-3H3/t14-,17-,19-/m1/s1. The number of benzene rings is 1. The van der Waals surface area contributed by atoms with Crippen LogP contribution in [0.15, 0.2) is 24.4 Å². The SMILES string of the molecule is CC(=O)CN(C)C(=O)C[C@H]1C[C@@H]2c3cccc4[nH]cc(c34)C[C@H]2N(C)C1. The number of amides is 1. The molecule has 26 heavy (non-hydrogen) atoms. The number of H-pyrrole nitrogens is 1. The topological polar surface area (TPSA) is 56.4 Å². The molecule has 138 valence electrons. The summed E-state index contributed by atoms with van der Waals surface area (Å²) in [6.07, 6.45) is 4.79. The van der Waals surface area contributed by atoms with Gasteiger partial charge in [-0.2, -0.15) is 0 Å². The highest BCUT2D eigenvalue weighted by molar-refractivity contribution is 5.88. The molecular weight excluding hydrogens is 326 g/mol. The van der Waals surface area contributed by atoms with Crippen molar-refractivity contribution in [3.8, 4) is 0 Å². The predicted molar refractivity (Wildman–Crippen MR) is 102 cm³/mol. The van der Waals surface area contributed by atoms with Crippen LogP contribution >= 0.6 is 0 Å². The maximum absolute atomic E-state index is 12.5. The molecule has 4 rings (SSSR count). The molecule has 1 aliphatic heterocycles. The van der Waals surface area contributed by atoms with Crippen molar-refractivity contribution < 1.29 is 9.59 Å². The van der Waals surface area contributed by atoms with Crippen LogP contribution in [0.5, 0.6) is 0 Å². The molecule has 1 amide bonds. The summed E-state index contributed by atoms with van der Waals surface area (Å²) in [4.78, 5) is 31.2. The van der Waals surface area contributed by atoms with Crippen molar-refractivity contribution in [1.29, 1.82) is 0 Å². The number of hydrogen-bond acceptors (Lipinski definition) is 3. The average molecular weight is 353 g/mol. The predicted octanol–water partition coefficient (Wildman–Crippen LogP) is 2.57. The highest BCUT2D eigenvalue weighted by Crippen LogP contribution is 2.44. The minimum absolute atomic E-state index is 0.0284. The van der Waals surface area contributed by atoms with Gasteiger partial charge in [0, 0.05) is 49.1 Å². The summed E-state index contributed by atoms with van der Waals surface area (Å²) in [5, 5.41) is 1.39. The quantitative estimate of drug-likeness (QED) is 0.919. The normalized spacial score (nSPS) is 25.1. The van der Waals surface area contributed by atoms with Crippen molar-refractivity contribution in [2.45, 2.75) is 38.1 Å². The molecular formula is C21H27N3O2. The number of hydrogen-bond donors (Lipinski definition) is 1. The van der Waals surface area contributed by atoms with Gasteiger partial charge in [0.1, 0.15) is 5.78 Å². The van der Waals surface area contributed by atoms with Crippen molar-refractivity contribution in [2.75, 3.05) is 27.2 Å². The highest BCUT2D eigenvalue weighted by atomic mass is 16.2. The lowest BCUT2D eigenvalue weighted by Gasteiger charge is -2.45. The summed E-state index contributed by atoms with van der Waals surface area (Å²) in [5.41, 5.74) is 4.06. The van der Waals surface area contributed by atoms with E-state index in [0.717, 1.165) is 19.4 Å².